The van der Waals surface area contributed by atoms with Gasteiger partial charge in [0.05, 0.1) is 5.69 Å². The van der Waals surface area contributed by atoms with E-state index in [2.05, 4.69) is 10.5 Å². The third-order valence-corrected chi connectivity index (χ3v) is 3.77. The predicted octanol–water partition coefficient (Wildman–Crippen LogP) is 2.73. The van der Waals surface area contributed by atoms with Crippen LogP contribution in [-0.4, -0.2) is 22.7 Å². The van der Waals surface area contributed by atoms with Gasteiger partial charge in [0.2, 0.25) is 0 Å². The van der Waals surface area contributed by atoms with Gasteiger partial charge in [-0.2, -0.15) is 0 Å². The fraction of sp³-hybridized carbons (Fsp3) is 0.375. The predicted molar refractivity (Wildman–Crippen MR) is 83.7 cm³/mol. The highest BCUT2D eigenvalue weighted by Crippen LogP contribution is 2.17. The topological polar surface area (TPSA) is 75.4 Å². The molecule has 0 aliphatic rings. The Kier molecular flexibility index (Phi) is 5.57. The van der Waals surface area contributed by atoms with Gasteiger partial charge in [0.25, 0.3) is 5.91 Å². The van der Waals surface area contributed by atoms with E-state index in [-0.39, 0.29) is 0 Å². The van der Waals surface area contributed by atoms with E-state index in [1.165, 1.54) is 0 Å². The molecule has 6 heteroatoms. The molecule has 0 aliphatic carbocycles. The third kappa shape index (κ3) is 4.08. The number of carbonyl (C=O) groups is 1. The van der Waals surface area contributed by atoms with Crippen LogP contribution in [0.4, 0.5) is 0 Å². The number of benzene rings is 1. The molecule has 1 heterocycles. The Morgan fingerprint density at radius 2 is 2.05 bits per heavy atom. The minimum Gasteiger partial charge on any atom is -0.378 e. The van der Waals surface area contributed by atoms with Crippen molar-refractivity contribution in [3.63, 3.8) is 0 Å². The van der Waals surface area contributed by atoms with Crippen molar-refractivity contribution < 1.29 is 14.4 Å². The number of hydrogen-bond donors (Lipinski definition) is 2. The van der Waals surface area contributed by atoms with Gasteiger partial charge < -0.3 is 14.9 Å². The zero-order chi connectivity index (χ0) is 16.1. The number of hydrogen-bond acceptors (Lipinski definition) is 4. The molecule has 0 unspecified atom stereocenters. The second-order valence-electron chi connectivity index (χ2n) is 5.15. The first-order valence-electron chi connectivity index (χ1n) is 7.12. The van der Waals surface area contributed by atoms with Crippen molar-refractivity contribution in [2.45, 2.75) is 32.8 Å². The van der Waals surface area contributed by atoms with Crippen molar-refractivity contribution >= 4 is 17.5 Å². The number of aromatic nitrogens is 1. The largest absolute Gasteiger partial charge is 0.378 e. The van der Waals surface area contributed by atoms with Crippen LogP contribution < -0.4 is 5.32 Å². The van der Waals surface area contributed by atoms with Gasteiger partial charge in [-0.15, -0.1) is 0 Å². The van der Waals surface area contributed by atoms with Crippen LogP contribution in [0, 0.1) is 13.8 Å². The average molecular weight is 323 g/mol. The van der Waals surface area contributed by atoms with Crippen LogP contribution in [0.5, 0.6) is 0 Å². The smallest absolute Gasteiger partial charge is 0.253 e. The van der Waals surface area contributed by atoms with Gasteiger partial charge in [0.1, 0.15) is 5.76 Å². The summed E-state index contributed by atoms with van der Waals surface area (Å²) >= 11 is 5.78. The van der Waals surface area contributed by atoms with Crippen LogP contribution >= 0.6 is 11.6 Å². The van der Waals surface area contributed by atoms with E-state index < -0.39 is 12.0 Å². The number of halogens is 1. The van der Waals surface area contributed by atoms with E-state index in [1.54, 1.807) is 24.3 Å². The molecule has 0 spiro atoms. The van der Waals surface area contributed by atoms with Gasteiger partial charge in [-0.3, -0.25) is 4.79 Å². The molecule has 1 amide bonds. The molecule has 2 rings (SSSR count). The lowest BCUT2D eigenvalue weighted by molar-refractivity contribution is -0.129. The van der Waals surface area contributed by atoms with Crippen molar-refractivity contribution in [2.24, 2.45) is 0 Å². The summed E-state index contributed by atoms with van der Waals surface area (Å²) < 4.78 is 5.09. The molecule has 0 aliphatic heterocycles. The van der Waals surface area contributed by atoms with E-state index in [4.69, 9.17) is 16.1 Å². The maximum absolute atomic E-state index is 11.9. The number of amides is 1. The van der Waals surface area contributed by atoms with Gasteiger partial charge in [0.15, 0.2) is 6.10 Å². The molecule has 118 valence electrons. The maximum Gasteiger partial charge on any atom is 0.253 e. The van der Waals surface area contributed by atoms with Crippen LogP contribution in [0.15, 0.2) is 28.8 Å². The van der Waals surface area contributed by atoms with Gasteiger partial charge >= 0.3 is 0 Å². The molecule has 2 N–H and O–H groups in total. The first-order chi connectivity index (χ1) is 10.5. The fourth-order valence-corrected chi connectivity index (χ4v) is 2.35. The Labute approximate surface area is 134 Å². The van der Waals surface area contributed by atoms with Crippen molar-refractivity contribution in [1.82, 2.24) is 10.5 Å². The van der Waals surface area contributed by atoms with E-state index in [9.17, 15) is 9.90 Å². The summed E-state index contributed by atoms with van der Waals surface area (Å²) in [6, 6.07) is 6.56. The second kappa shape index (κ2) is 7.42. The van der Waals surface area contributed by atoms with Crippen LogP contribution in [0.2, 0.25) is 5.02 Å². The van der Waals surface area contributed by atoms with Gasteiger partial charge in [0, 0.05) is 17.1 Å². The van der Waals surface area contributed by atoms with Crippen LogP contribution in [0.25, 0.3) is 0 Å². The first kappa shape index (κ1) is 16.5. The molecule has 0 fully saturated rings. The zero-order valence-corrected chi connectivity index (χ0v) is 13.4. The molecule has 5 nitrogen and oxygen atoms in total. The molecule has 0 bridgehead atoms. The molecule has 2 aromatic rings. The first-order valence-corrected chi connectivity index (χ1v) is 7.50. The summed E-state index contributed by atoms with van der Waals surface area (Å²) in [6.45, 7) is 4.25. The monoisotopic (exact) mass is 322 g/mol. The Morgan fingerprint density at radius 3 is 2.64 bits per heavy atom. The summed E-state index contributed by atoms with van der Waals surface area (Å²) in [4.78, 5) is 11.9. The average Bonchev–Trinajstić information content (AvgIpc) is 2.82. The molecule has 1 aromatic heterocycles. The molecule has 0 radical (unpaired) electrons. The van der Waals surface area contributed by atoms with Crippen LogP contribution in [0.3, 0.4) is 0 Å². The summed E-state index contributed by atoms with van der Waals surface area (Å²) in [5.74, 6) is 0.395. The third-order valence-electron chi connectivity index (χ3n) is 3.52. The number of nitrogens with zero attached hydrogens (tertiary/aromatic N) is 1. The van der Waals surface area contributed by atoms with Crippen molar-refractivity contribution in [3.8, 4) is 0 Å². The maximum atomic E-state index is 11.9. The lowest BCUT2D eigenvalue weighted by Gasteiger charge is -2.11. The van der Waals surface area contributed by atoms with Crippen molar-refractivity contribution in [1.29, 1.82) is 0 Å². The number of aliphatic hydroxyl groups excluding tert-OH is 1. The molecule has 1 aromatic carbocycles. The fourth-order valence-electron chi connectivity index (χ4n) is 2.23. The molecular formula is C16H19ClN2O3. The summed E-state index contributed by atoms with van der Waals surface area (Å²) in [7, 11) is 0. The van der Waals surface area contributed by atoms with Crippen molar-refractivity contribution in [2.75, 3.05) is 6.54 Å². The Hall–Kier alpha value is -1.85. The lowest BCUT2D eigenvalue weighted by atomic mass is 10.1. The van der Waals surface area contributed by atoms with Crippen LogP contribution in [0.1, 0.15) is 35.1 Å². The SMILES string of the molecule is Cc1noc(C)c1CCCNC(=O)[C@@H](O)c1ccc(Cl)cc1. The number of aliphatic hydroxyl groups is 1. The quantitative estimate of drug-likeness (QED) is 0.802. The number of aryl methyl sites for hydroxylation is 2. The van der Waals surface area contributed by atoms with E-state index in [0.717, 1.165) is 29.9 Å². The standard InChI is InChI=1S/C16H19ClN2O3/c1-10-14(11(2)22-19-10)4-3-9-18-16(21)15(20)12-5-7-13(17)8-6-12/h5-8,15,20H,3-4,9H2,1-2H3,(H,18,21)/t15-/m0/s1. The van der Waals surface area contributed by atoms with Crippen molar-refractivity contribution in [3.05, 3.63) is 51.9 Å². The van der Waals surface area contributed by atoms with Gasteiger partial charge in [-0.1, -0.05) is 28.9 Å². The second-order valence-corrected chi connectivity index (χ2v) is 5.59. The highest BCUT2D eigenvalue weighted by molar-refractivity contribution is 6.30. The summed E-state index contributed by atoms with van der Waals surface area (Å²) in [6.07, 6.45) is 0.344. The molecule has 22 heavy (non-hydrogen) atoms. The minimum atomic E-state index is -1.18. The Bertz CT molecular complexity index is 618. The van der Waals surface area contributed by atoms with E-state index in [0.29, 0.717) is 17.1 Å². The molecule has 0 saturated heterocycles. The van der Waals surface area contributed by atoms with Crippen LogP contribution in [-0.2, 0) is 11.2 Å². The Balaban J connectivity index is 1.79. The zero-order valence-electron chi connectivity index (χ0n) is 12.6. The molecular weight excluding hydrogens is 304 g/mol. The number of carbonyl (C=O) groups excluding carboxylic acids is 1. The highest BCUT2D eigenvalue weighted by Gasteiger charge is 2.16. The molecule has 1 atom stereocenters. The Morgan fingerprint density at radius 1 is 1.36 bits per heavy atom. The van der Waals surface area contributed by atoms with E-state index >= 15 is 0 Å². The number of nitrogens with one attached hydrogen (secondary N) is 1. The van der Waals surface area contributed by atoms with Gasteiger partial charge in [-0.25, -0.2) is 0 Å². The van der Waals surface area contributed by atoms with Gasteiger partial charge in [-0.05, 0) is 44.4 Å². The molecule has 0 saturated carbocycles. The lowest BCUT2D eigenvalue weighted by Crippen LogP contribution is -2.30. The summed E-state index contributed by atoms with van der Waals surface area (Å²) in [5, 5.41) is 17.2. The number of rotatable bonds is 6. The summed E-state index contributed by atoms with van der Waals surface area (Å²) in [5.41, 5.74) is 2.48. The minimum absolute atomic E-state index is 0.416. The van der Waals surface area contributed by atoms with E-state index in [1.807, 2.05) is 13.8 Å². The highest BCUT2D eigenvalue weighted by atomic mass is 35.5. The normalized spacial score (nSPS) is 12.2.